The summed E-state index contributed by atoms with van der Waals surface area (Å²) in [6.07, 6.45) is 6.28. The average Bonchev–Trinajstić information content (AvgIpc) is 2.92. The van der Waals surface area contributed by atoms with Crippen LogP contribution in [0.5, 0.6) is 0 Å². The summed E-state index contributed by atoms with van der Waals surface area (Å²) in [5.74, 6) is 1.16. The quantitative estimate of drug-likeness (QED) is 0.813. The van der Waals surface area contributed by atoms with Crippen LogP contribution in [0, 0.1) is 0 Å². The summed E-state index contributed by atoms with van der Waals surface area (Å²) in [6.45, 7) is 9.44. The lowest BCUT2D eigenvalue weighted by atomic mass is 10.1. The molecule has 0 spiro atoms. The second kappa shape index (κ2) is 7.76. The van der Waals surface area contributed by atoms with Crippen molar-refractivity contribution in [3.05, 3.63) is 18.2 Å². The molecule has 5 heteroatoms. The Kier molecular flexibility index (Phi) is 6.01. The van der Waals surface area contributed by atoms with Gasteiger partial charge in [-0.05, 0) is 20.0 Å². The number of ether oxygens (including phenoxy) is 1. The minimum absolute atomic E-state index is 0.250. The molecular formula is C15H28N4O. The van der Waals surface area contributed by atoms with Crippen molar-refractivity contribution in [2.24, 2.45) is 0 Å². The van der Waals surface area contributed by atoms with E-state index < -0.39 is 0 Å². The van der Waals surface area contributed by atoms with E-state index in [2.05, 4.69) is 39.8 Å². The molecule has 5 nitrogen and oxygen atoms in total. The third kappa shape index (κ3) is 3.81. The molecule has 1 aromatic heterocycles. The molecule has 0 radical (unpaired) electrons. The first-order chi connectivity index (χ1) is 9.78. The molecule has 1 saturated heterocycles. The first-order valence-electron chi connectivity index (χ1n) is 7.79. The minimum atomic E-state index is 0.250. The molecule has 2 heterocycles. The molecule has 20 heavy (non-hydrogen) atoms. The Balaban J connectivity index is 1.99. The number of hydrogen-bond acceptors (Lipinski definition) is 4. The van der Waals surface area contributed by atoms with Gasteiger partial charge >= 0.3 is 0 Å². The van der Waals surface area contributed by atoms with Crippen molar-refractivity contribution in [3.8, 4) is 0 Å². The van der Waals surface area contributed by atoms with Crippen LogP contribution in [0.25, 0.3) is 0 Å². The number of morpholine rings is 1. The molecule has 0 amide bonds. The Morgan fingerprint density at radius 3 is 3.05 bits per heavy atom. The number of hydrogen-bond donors (Lipinski definition) is 1. The first-order valence-corrected chi connectivity index (χ1v) is 7.79. The zero-order chi connectivity index (χ0) is 14.4. The van der Waals surface area contributed by atoms with Gasteiger partial charge in [0.25, 0.3) is 0 Å². The van der Waals surface area contributed by atoms with E-state index in [1.54, 1.807) is 0 Å². The third-order valence-electron chi connectivity index (χ3n) is 4.11. The summed E-state index contributed by atoms with van der Waals surface area (Å²) in [5.41, 5.74) is 0. The molecule has 2 atom stereocenters. The van der Waals surface area contributed by atoms with Gasteiger partial charge in [-0.2, -0.15) is 0 Å². The zero-order valence-corrected chi connectivity index (χ0v) is 13.0. The van der Waals surface area contributed by atoms with Gasteiger partial charge in [0.05, 0.1) is 12.7 Å². The largest absolute Gasteiger partial charge is 0.374 e. The smallest absolute Gasteiger partial charge is 0.110 e. The predicted molar refractivity (Wildman–Crippen MR) is 80.9 cm³/mol. The van der Waals surface area contributed by atoms with E-state index in [1.807, 2.05) is 13.2 Å². The van der Waals surface area contributed by atoms with E-state index in [0.717, 1.165) is 51.5 Å². The van der Waals surface area contributed by atoms with Crippen molar-refractivity contribution in [1.82, 2.24) is 19.8 Å². The second-order valence-electron chi connectivity index (χ2n) is 5.44. The number of likely N-dealkylation sites (N-methyl/N-ethyl adjacent to an activating group) is 2. The summed E-state index contributed by atoms with van der Waals surface area (Å²) in [4.78, 5) is 6.97. The summed E-state index contributed by atoms with van der Waals surface area (Å²) >= 11 is 0. The Morgan fingerprint density at radius 2 is 2.35 bits per heavy atom. The van der Waals surface area contributed by atoms with Crippen LogP contribution in [-0.2, 0) is 17.7 Å². The molecule has 2 unspecified atom stereocenters. The fourth-order valence-electron chi connectivity index (χ4n) is 2.85. The van der Waals surface area contributed by atoms with Crippen LogP contribution in [0.4, 0.5) is 0 Å². The van der Waals surface area contributed by atoms with Gasteiger partial charge in [-0.25, -0.2) is 4.98 Å². The van der Waals surface area contributed by atoms with Crippen LogP contribution in [0.15, 0.2) is 12.4 Å². The van der Waals surface area contributed by atoms with Gasteiger partial charge in [-0.1, -0.05) is 13.8 Å². The monoisotopic (exact) mass is 280 g/mol. The van der Waals surface area contributed by atoms with Crippen LogP contribution >= 0.6 is 0 Å². The Hall–Kier alpha value is -0.910. The SMILES string of the molecule is CCCn1ccnc1CC(NC)C1CN(CC)CCO1. The highest BCUT2D eigenvalue weighted by Crippen LogP contribution is 2.13. The number of nitrogens with one attached hydrogen (secondary N) is 1. The van der Waals surface area contributed by atoms with Crippen molar-refractivity contribution in [2.45, 2.75) is 45.4 Å². The maximum absolute atomic E-state index is 5.97. The van der Waals surface area contributed by atoms with Crippen molar-refractivity contribution in [1.29, 1.82) is 0 Å². The fraction of sp³-hybridized carbons (Fsp3) is 0.800. The topological polar surface area (TPSA) is 42.3 Å². The second-order valence-corrected chi connectivity index (χ2v) is 5.44. The Labute approximate surface area is 122 Å². The summed E-state index contributed by atoms with van der Waals surface area (Å²) < 4.78 is 8.23. The molecule has 1 aromatic rings. The molecule has 0 aliphatic carbocycles. The third-order valence-corrected chi connectivity index (χ3v) is 4.11. The number of aryl methyl sites for hydroxylation is 1. The van der Waals surface area contributed by atoms with Crippen LogP contribution < -0.4 is 5.32 Å². The minimum Gasteiger partial charge on any atom is -0.374 e. The molecule has 114 valence electrons. The Morgan fingerprint density at radius 1 is 1.50 bits per heavy atom. The Bertz CT molecular complexity index is 393. The van der Waals surface area contributed by atoms with Crippen LogP contribution in [0.3, 0.4) is 0 Å². The first kappa shape index (κ1) is 15.5. The predicted octanol–water partition coefficient (Wildman–Crippen LogP) is 1.14. The molecule has 1 fully saturated rings. The molecule has 2 rings (SSSR count). The maximum atomic E-state index is 5.97. The van der Waals surface area contributed by atoms with E-state index in [9.17, 15) is 0 Å². The van der Waals surface area contributed by atoms with Crippen molar-refractivity contribution in [3.63, 3.8) is 0 Å². The molecule has 0 aromatic carbocycles. The number of nitrogens with zero attached hydrogens (tertiary/aromatic N) is 3. The van der Waals surface area contributed by atoms with Gasteiger partial charge in [0.1, 0.15) is 5.82 Å². The van der Waals surface area contributed by atoms with Gasteiger partial charge in [0, 0.05) is 44.5 Å². The standard InChI is InChI=1S/C15H28N4O/c1-4-7-19-8-6-17-15(19)11-13(16-3)14-12-18(5-2)9-10-20-14/h6,8,13-14,16H,4-5,7,9-12H2,1-3H3. The highest BCUT2D eigenvalue weighted by molar-refractivity contribution is 4.98. The highest BCUT2D eigenvalue weighted by Gasteiger charge is 2.27. The molecular weight excluding hydrogens is 252 g/mol. The van der Waals surface area contributed by atoms with Crippen molar-refractivity contribution in [2.75, 3.05) is 33.3 Å². The number of aromatic nitrogens is 2. The molecule has 0 bridgehead atoms. The fourth-order valence-corrected chi connectivity index (χ4v) is 2.85. The van der Waals surface area contributed by atoms with Gasteiger partial charge in [0.2, 0.25) is 0 Å². The van der Waals surface area contributed by atoms with Crippen molar-refractivity contribution < 1.29 is 4.74 Å². The highest BCUT2D eigenvalue weighted by atomic mass is 16.5. The van der Waals surface area contributed by atoms with Gasteiger partial charge in [-0.3, -0.25) is 4.90 Å². The van der Waals surface area contributed by atoms with Gasteiger partial charge < -0.3 is 14.6 Å². The summed E-state index contributed by atoms with van der Waals surface area (Å²) in [5, 5.41) is 3.42. The van der Waals surface area contributed by atoms with Gasteiger partial charge in [0.15, 0.2) is 0 Å². The molecule has 0 saturated carbocycles. The summed E-state index contributed by atoms with van der Waals surface area (Å²) in [7, 11) is 2.02. The zero-order valence-electron chi connectivity index (χ0n) is 13.0. The lowest BCUT2D eigenvalue weighted by molar-refractivity contribution is -0.0439. The lowest BCUT2D eigenvalue weighted by Crippen LogP contribution is -2.52. The average molecular weight is 280 g/mol. The normalized spacial score (nSPS) is 22.1. The summed E-state index contributed by atoms with van der Waals surface area (Å²) in [6, 6.07) is 0.322. The maximum Gasteiger partial charge on any atom is 0.110 e. The molecule has 1 aliphatic rings. The lowest BCUT2D eigenvalue weighted by Gasteiger charge is -2.36. The molecule has 1 aliphatic heterocycles. The van der Waals surface area contributed by atoms with E-state index in [1.165, 1.54) is 0 Å². The van der Waals surface area contributed by atoms with Gasteiger partial charge in [-0.15, -0.1) is 0 Å². The van der Waals surface area contributed by atoms with E-state index in [-0.39, 0.29) is 6.10 Å². The van der Waals surface area contributed by atoms with E-state index in [4.69, 9.17) is 4.74 Å². The van der Waals surface area contributed by atoms with Crippen LogP contribution in [0.1, 0.15) is 26.1 Å². The molecule has 1 N–H and O–H groups in total. The van der Waals surface area contributed by atoms with E-state index >= 15 is 0 Å². The van der Waals surface area contributed by atoms with Crippen LogP contribution in [0.2, 0.25) is 0 Å². The van der Waals surface area contributed by atoms with E-state index in [0.29, 0.717) is 6.04 Å². The number of imidazole rings is 1. The van der Waals surface area contributed by atoms with Crippen molar-refractivity contribution >= 4 is 0 Å². The van der Waals surface area contributed by atoms with Crippen LogP contribution in [-0.4, -0.2) is 59.9 Å². The number of rotatable bonds is 7.